The van der Waals surface area contributed by atoms with Gasteiger partial charge in [-0.05, 0) is 45.7 Å². The number of nitrogens with two attached hydrogens (primary N) is 1. The van der Waals surface area contributed by atoms with E-state index in [1.165, 1.54) is 4.90 Å². The summed E-state index contributed by atoms with van der Waals surface area (Å²) < 4.78 is 0. The molecule has 0 spiro atoms. The zero-order valence-electron chi connectivity index (χ0n) is 13.3. The minimum atomic E-state index is -0.898. The van der Waals surface area contributed by atoms with E-state index in [4.69, 9.17) is 5.73 Å². The lowest BCUT2D eigenvalue weighted by Crippen LogP contribution is -2.45. The third-order valence-electron chi connectivity index (χ3n) is 3.70. The van der Waals surface area contributed by atoms with Crippen LogP contribution >= 0.6 is 0 Å². The number of hydrogen-bond donors (Lipinski definition) is 3. The van der Waals surface area contributed by atoms with Crippen molar-refractivity contribution in [2.24, 2.45) is 5.73 Å². The van der Waals surface area contributed by atoms with Crippen molar-refractivity contribution in [1.29, 1.82) is 0 Å². The number of aromatic nitrogens is 2. The highest BCUT2D eigenvalue weighted by Crippen LogP contribution is 2.19. The van der Waals surface area contributed by atoms with Gasteiger partial charge in [0.15, 0.2) is 0 Å². The summed E-state index contributed by atoms with van der Waals surface area (Å²) in [6, 6.07) is 7.57. The fraction of sp³-hybridized carbons (Fsp3) is 0.500. The van der Waals surface area contributed by atoms with Gasteiger partial charge >= 0.3 is 6.09 Å². The van der Waals surface area contributed by atoms with Crippen LogP contribution < -0.4 is 5.73 Å². The molecule has 1 aromatic carbocycles. The van der Waals surface area contributed by atoms with Crippen molar-refractivity contribution in [2.45, 2.75) is 45.2 Å². The van der Waals surface area contributed by atoms with Crippen molar-refractivity contribution < 1.29 is 9.90 Å². The molecule has 0 fully saturated rings. The average Bonchev–Trinajstić information content (AvgIpc) is 2.85. The summed E-state index contributed by atoms with van der Waals surface area (Å²) in [6.07, 6.45) is 0.478. The Morgan fingerprint density at radius 2 is 2.09 bits per heavy atom. The first-order valence-electron chi connectivity index (χ1n) is 7.50. The first kappa shape index (κ1) is 16.3. The van der Waals surface area contributed by atoms with Crippen LogP contribution in [0.1, 0.15) is 45.5 Å². The van der Waals surface area contributed by atoms with E-state index < -0.39 is 11.6 Å². The molecule has 0 aliphatic rings. The fourth-order valence-electron chi connectivity index (χ4n) is 2.47. The van der Waals surface area contributed by atoms with Crippen LogP contribution in [0, 0.1) is 0 Å². The van der Waals surface area contributed by atoms with E-state index >= 15 is 0 Å². The molecule has 1 unspecified atom stereocenters. The summed E-state index contributed by atoms with van der Waals surface area (Å²) in [5, 5.41) is 9.26. The number of nitrogens with one attached hydrogen (secondary N) is 1. The van der Waals surface area contributed by atoms with Gasteiger partial charge in [-0.3, -0.25) is 0 Å². The van der Waals surface area contributed by atoms with Gasteiger partial charge in [0.2, 0.25) is 0 Å². The lowest BCUT2D eigenvalue weighted by molar-refractivity contribution is 0.0987. The Labute approximate surface area is 130 Å². The van der Waals surface area contributed by atoms with Gasteiger partial charge in [0.25, 0.3) is 0 Å². The van der Waals surface area contributed by atoms with Crippen molar-refractivity contribution >= 4 is 17.1 Å². The Morgan fingerprint density at radius 1 is 1.41 bits per heavy atom. The van der Waals surface area contributed by atoms with Gasteiger partial charge in [0, 0.05) is 12.1 Å². The number of carbonyl (C=O) groups is 1. The maximum Gasteiger partial charge on any atom is 0.407 e. The number of benzene rings is 1. The third-order valence-corrected chi connectivity index (χ3v) is 3.70. The Morgan fingerprint density at radius 3 is 2.68 bits per heavy atom. The maximum atomic E-state index is 11.3. The number of para-hydroxylation sites is 2. The minimum absolute atomic E-state index is 0.219. The first-order chi connectivity index (χ1) is 10.3. The van der Waals surface area contributed by atoms with Crippen molar-refractivity contribution in [3.05, 3.63) is 30.1 Å². The summed E-state index contributed by atoms with van der Waals surface area (Å²) in [4.78, 5) is 20.4. The standard InChI is InChI=1S/C16H24N4O2/c1-16(2,3)20(15(21)22)10-6-7-11(17)14-18-12-8-4-5-9-13(12)19-14/h4-5,8-9,11H,6-7,10,17H2,1-3H3,(H,18,19)(H,21,22). The fourth-order valence-corrected chi connectivity index (χ4v) is 2.47. The SMILES string of the molecule is CC(C)(C)N(CCCC(N)c1nc2ccccc2[nH]1)C(=O)O. The summed E-state index contributed by atoms with van der Waals surface area (Å²) in [5.74, 6) is 0.749. The third kappa shape index (κ3) is 3.76. The number of aromatic amines is 1. The molecule has 0 aliphatic carbocycles. The molecule has 0 saturated heterocycles. The van der Waals surface area contributed by atoms with Crippen LogP contribution in [0.4, 0.5) is 4.79 Å². The summed E-state index contributed by atoms with van der Waals surface area (Å²) in [7, 11) is 0. The minimum Gasteiger partial charge on any atom is -0.465 e. The van der Waals surface area contributed by atoms with Crippen molar-refractivity contribution in [3.8, 4) is 0 Å². The van der Waals surface area contributed by atoms with E-state index in [0.29, 0.717) is 19.4 Å². The summed E-state index contributed by atoms with van der Waals surface area (Å²) >= 11 is 0. The van der Waals surface area contributed by atoms with E-state index in [0.717, 1.165) is 16.9 Å². The molecule has 6 nitrogen and oxygen atoms in total. The largest absolute Gasteiger partial charge is 0.465 e. The number of imidazole rings is 1. The van der Waals surface area contributed by atoms with Crippen LogP contribution in [0.2, 0.25) is 0 Å². The molecule has 22 heavy (non-hydrogen) atoms. The molecule has 1 amide bonds. The lowest BCUT2D eigenvalue weighted by Gasteiger charge is -2.33. The molecular formula is C16H24N4O2. The second-order valence-electron chi connectivity index (χ2n) is 6.49. The molecule has 2 aromatic rings. The number of amides is 1. The predicted molar refractivity (Wildman–Crippen MR) is 86.7 cm³/mol. The topological polar surface area (TPSA) is 95.2 Å². The molecular weight excluding hydrogens is 280 g/mol. The molecule has 1 heterocycles. The van der Waals surface area contributed by atoms with Crippen LogP contribution in [0.15, 0.2) is 24.3 Å². The van der Waals surface area contributed by atoms with E-state index in [1.807, 2.05) is 45.0 Å². The lowest BCUT2D eigenvalue weighted by atomic mass is 10.1. The predicted octanol–water partition coefficient (Wildman–Crippen LogP) is 3.12. The molecule has 120 valence electrons. The van der Waals surface area contributed by atoms with E-state index in [9.17, 15) is 9.90 Å². The molecule has 6 heteroatoms. The second kappa shape index (κ2) is 6.36. The van der Waals surface area contributed by atoms with Crippen molar-refractivity contribution in [1.82, 2.24) is 14.9 Å². The van der Waals surface area contributed by atoms with Crippen LogP contribution in [0.25, 0.3) is 11.0 Å². The zero-order valence-corrected chi connectivity index (χ0v) is 13.3. The van der Waals surface area contributed by atoms with E-state index in [2.05, 4.69) is 9.97 Å². The number of carboxylic acid groups (broad SMARTS) is 1. The molecule has 2 rings (SSSR count). The first-order valence-corrected chi connectivity index (χ1v) is 7.50. The van der Waals surface area contributed by atoms with Crippen LogP contribution in [-0.2, 0) is 0 Å². The Balaban J connectivity index is 1.95. The summed E-state index contributed by atoms with van der Waals surface area (Å²) in [6.45, 7) is 6.13. The quantitative estimate of drug-likeness (QED) is 0.791. The normalized spacial score (nSPS) is 13.3. The van der Waals surface area contributed by atoms with Crippen LogP contribution in [0.3, 0.4) is 0 Å². The number of fused-ring (bicyclic) bond motifs is 1. The van der Waals surface area contributed by atoms with Crippen molar-refractivity contribution in [2.75, 3.05) is 6.54 Å². The van der Waals surface area contributed by atoms with Crippen molar-refractivity contribution in [3.63, 3.8) is 0 Å². The maximum absolute atomic E-state index is 11.3. The molecule has 0 aliphatic heterocycles. The molecule has 0 bridgehead atoms. The molecule has 1 atom stereocenters. The summed E-state index contributed by atoms with van der Waals surface area (Å²) in [5.41, 5.74) is 7.63. The zero-order chi connectivity index (χ0) is 16.3. The van der Waals surface area contributed by atoms with Gasteiger partial charge in [-0.1, -0.05) is 12.1 Å². The second-order valence-corrected chi connectivity index (χ2v) is 6.49. The average molecular weight is 304 g/mol. The van der Waals surface area contributed by atoms with Gasteiger partial charge in [0.1, 0.15) is 5.82 Å². The van der Waals surface area contributed by atoms with Gasteiger partial charge in [0.05, 0.1) is 17.1 Å². The van der Waals surface area contributed by atoms with E-state index in [1.54, 1.807) is 0 Å². The van der Waals surface area contributed by atoms with Gasteiger partial charge in [-0.25, -0.2) is 9.78 Å². The molecule has 1 aromatic heterocycles. The van der Waals surface area contributed by atoms with Crippen LogP contribution in [-0.4, -0.2) is 38.2 Å². The molecule has 0 saturated carbocycles. The number of H-pyrrole nitrogens is 1. The smallest absolute Gasteiger partial charge is 0.407 e. The van der Waals surface area contributed by atoms with Crippen LogP contribution in [0.5, 0.6) is 0 Å². The number of rotatable bonds is 5. The number of nitrogens with zero attached hydrogens (tertiary/aromatic N) is 2. The highest BCUT2D eigenvalue weighted by molar-refractivity contribution is 5.74. The Bertz CT molecular complexity index is 612. The van der Waals surface area contributed by atoms with Gasteiger partial charge in [-0.15, -0.1) is 0 Å². The molecule has 4 N–H and O–H groups in total. The number of hydrogen-bond acceptors (Lipinski definition) is 3. The molecule has 0 radical (unpaired) electrons. The van der Waals surface area contributed by atoms with Gasteiger partial charge < -0.3 is 20.7 Å². The Hall–Kier alpha value is -2.08. The monoisotopic (exact) mass is 304 g/mol. The highest BCUT2D eigenvalue weighted by Gasteiger charge is 2.25. The highest BCUT2D eigenvalue weighted by atomic mass is 16.4. The van der Waals surface area contributed by atoms with Gasteiger partial charge in [-0.2, -0.15) is 0 Å². The van der Waals surface area contributed by atoms with E-state index in [-0.39, 0.29) is 6.04 Å². The Kier molecular flexibility index (Phi) is 4.71.